The van der Waals surface area contributed by atoms with Gasteiger partial charge in [-0.25, -0.2) is 4.98 Å². The predicted octanol–water partition coefficient (Wildman–Crippen LogP) is 3.53. The highest BCUT2D eigenvalue weighted by Gasteiger charge is 2.24. The summed E-state index contributed by atoms with van der Waals surface area (Å²) in [4.78, 5) is 10.9. The highest BCUT2D eigenvalue weighted by atomic mass is 35.5. The summed E-state index contributed by atoms with van der Waals surface area (Å²) in [6.07, 6.45) is 1.69. The highest BCUT2D eigenvalue weighted by Crippen LogP contribution is 2.36. The van der Waals surface area contributed by atoms with E-state index in [1.54, 1.807) is 18.3 Å². The summed E-state index contributed by atoms with van der Waals surface area (Å²) < 4.78 is 11.8. The van der Waals surface area contributed by atoms with E-state index in [-0.39, 0.29) is 0 Å². The zero-order valence-electron chi connectivity index (χ0n) is 12.5. The summed E-state index contributed by atoms with van der Waals surface area (Å²) in [7, 11) is 0. The minimum absolute atomic E-state index is 0.315. The number of benzene rings is 1. The molecular formula is C15H15ClN4O2S. The van der Waals surface area contributed by atoms with Crippen molar-refractivity contribution >= 4 is 40.1 Å². The first-order chi connectivity index (χ1) is 11.2. The van der Waals surface area contributed by atoms with Gasteiger partial charge in [-0.3, -0.25) is 0 Å². The molecule has 0 bridgehead atoms. The third kappa shape index (κ3) is 2.87. The van der Waals surface area contributed by atoms with Crippen LogP contribution in [0.4, 0.5) is 6.01 Å². The molecule has 6 nitrogen and oxygen atoms in total. The van der Waals surface area contributed by atoms with Crippen LogP contribution in [0, 0.1) is 0 Å². The monoisotopic (exact) mass is 350 g/mol. The van der Waals surface area contributed by atoms with E-state index in [1.807, 2.05) is 5.38 Å². The van der Waals surface area contributed by atoms with Gasteiger partial charge in [0.05, 0.1) is 0 Å². The molecule has 8 heteroatoms. The molecule has 1 aliphatic heterocycles. The van der Waals surface area contributed by atoms with Crippen molar-refractivity contribution in [1.29, 1.82) is 0 Å². The first-order valence-corrected chi connectivity index (χ1v) is 8.61. The fourth-order valence-electron chi connectivity index (χ4n) is 2.64. The summed E-state index contributed by atoms with van der Waals surface area (Å²) in [5, 5.41) is 6.30. The molecule has 0 amide bonds. The number of hydrogen-bond donors (Lipinski definition) is 1. The zero-order chi connectivity index (χ0) is 15.8. The van der Waals surface area contributed by atoms with E-state index in [1.165, 1.54) is 11.3 Å². The number of halogens is 1. The Bertz CT molecular complexity index is 820. The molecule has 1 N–H and O–H groups in total. The number of oxazole rings is 1. The number of thiazole rings is 1. The van der Waals surface area contributed by atoms with Crippen LogP contribution in [0.1, 0.15) is 6.92 Å². The van der Waals surface area contributed by atoms with E-state index in [0.29, 0.717) is 39.1 Å². The predicted molar refractivity (Wildman–Crippen MR) is 90.9 cm³/mol. The zero-order valence-corrected chi connectivity index (χ0v) is 14.0. The lowest BCUT2D eigenvalue weighted by molar-refractivity contribution is 0.444. The first-order valence-electron chi connectivity index (χ1n) is 7.35. The number of aromatic nitrogens is 2. The van der Waals surface area contributed by atoms with Crippen molar-refractivity contribution in [3.63, 3.8) is 0 Å². The molecule has 3 aromatic rings. The third-order valence-corrected chi connectivity index (χ3v) is 4.63. The van der Waals surface area contributed by atoms with Crippen LogP contribution in [-0.2, 0) is 0 Å². The van der Waals surface area contributed by atoms with Gasteiger partial charge in [-0.15, -0.1) is 0 Å². The van der Waals surface area contributed by atoms with Gasteiger partial charge in [0, 0.05) is 48.3 Å². The van der Waals surface area contributed by atoms with Crippen molar-refractivity contribution in [1.82, 2.24) is 15.3 Å². The summed E-state index contributed by atoms with van der Waals surface area (Å²) in [6.45, 7) is 4.81. The molecule has 2 aromatic heterocycles. The minimum Gasteiger partial charge on any atom is -0.427 e. The maximum atomic E-state index is 6.19. The first kappa shape index (κ1) is 14.7. The molecule has 1 aromatic carbocycles. The van der Waals surface area contributed by atoms with Crippen LogP contribution in [0.2, 0.25) is 5.02 Å². The van der Waals surface area contributed by atoms with Gasteiger partial charge in [0.1, 0.15) is 5.52 Å². The van der Waals surface area contributed by atoms with Gasteiger partial charge in [-0.1, -0.05) is 22.9 Å². The Kier molecular flexibility index (Phi) is 3.84. The van der Waals surface area contributed by atoms with E-state index in [9.17, 15) is 0 Å². The fourth-order valence-corrected chi connectivity index (χ4v) is 3.34. The summed E-state index contributed by atoms with van der Waals surface area (Å²) in [5.74, 6) is 0.531. The van der Waals surface area contributed by atoms with Gasteiger partial charge >= 0.3 is 0 Å². The van der Waals surface area contributed by atoms with Crippen LogP contribution < -0.4 is 15.0 Å². The molecule has 3 heterocycles. The van der Waals surface area contributed by atoms with Crippen molar-refractivity contribution in [2.75, 3.05) is 24.5 Å². The van der Waals surface area contributed by atoms with Gasteiger partial charge in [-0.2, -0.15) is 4.98 Å². The molecule has 1 fully saturated rings. The second kappa shape index (κ2) is 5.99. The number of piperazine rings is 1. The Labute approximate surface area is 142 Å². The molecule has 0 saturated carbocycles. The van der Waals surface area contributed by atoms with Crippen molar-refractivity contribution in [2.24, 2.45) is 0 Å². The Morgan fingerprint density at radius 3 is 3.17 bits per heavy atom. The average molecular weight is 351 g/mol. The number of nitrogens with one attached hydrogen (secondary N) is 1. The molecular weight excluding hydrogens is 336 g/mol. The number of rotatable bonds is 3. The summed E-state index contributed by atoms with van der Waals surface area (Å²) >= 11 is 7.60. The van der Waals surface area contributed by atoms with Crippen LogP contribution in [0.5, 0.6) is 10.9 Å². The molecule has 23 heavy (non-hydrogen) atoms. The average Bonchev–Trinajstić information content (AvgIpc) is 3.17. The van der Waals surface area contributed by atoms with Gasteiger partial charge < -0.3 is 19.4 Å². The Morgan fingerprint density at radius 1 is 1.48 bits per heavy atom. The Morgan fingerprint density at radius 2 is 2.39 bits per heavy atom. The molecule has 120 valence electrons. The van der Waals surface area contributed by atoms with E-state index < -0.39 is 0 Å². The SMILES string of the molecule is CC1CNCCN1c1nc2cc(Cl)cc(Oc3nccs3)c2o1. The number of nitrogens with zero attached hydrogens (tertiary/aromatic N) is 3. The van der Waals surface area contributed by atoms with E-state index in [2.05, 4.69) is 27.1 Å². The Balaban J connectivity index is 1.75. The largest absolute Gasteiger partial charge is 0.427 e. The lowest BCUT2D eigenvalue weighted by Crippen LogP contribution is -2.50. The second-order valence-electron chi connectivity index (χ2n) is 5.40. The second-order valence-corrected chi connectivity index (χ2v) is 6.69. The number of hydrogen-bond acceptors (Lipinski definition) is 7. The number of anilines is 1. The molecule has 0 aliphatic carbocycles. The standard InChI is InChI=1S/C15H15ClN4O2S/c1-9-8-17-2-4-20(9)14-19-11-6-10(16)7-12(13(11)22-14)21-15-18-3-5-23-15/h3,5-7,9,17H,2,4,8H2,1H3. The van der Waals surface area contributed by atoms with Crippen LogP contribution >= 0.6 is 22.9 Å². The fraction of sp³-hybridized carbons (Fsp3) is 0.333. The number of ether oxygens (including phenoxy) is 1. The topological polar surface area (TPSA) is 63.4 Å². The molecule has 4 rings (SSSR count). The van der Waals surface area contributed by atoms with Crippen LogP contribution in [0.15, 0.2) is 28.1 Å². The lowest BCUT2D eigenvalue weighted by atomic mass is 10.2. The minimum atomic E-state index is 0.315. The molecule has 1 aliphatic rings. The normalized spacial score (nSPS) is 18.5. The third-order valence-electron chi connectivity index (χ3n) is 3.76. The quantitative estimate of drug-likeness (QED) is 0.779. The molecule has 1 atom stereocenters. The number of fused-ring (bicyclic) bond motifs is 1. The summed E-state index contributed by atoms with van der Waals surface area (Å²) in [6, 6.07) is 4.42. The van der Waals surface area contributed by atoms with Gasteiger partial charge in [0.25, 0.3) is 11.2 Å². The van der Waals surface area contributed by atoms with Gasteiger partial charge in [-0.05, 0) is 13.0 Å². The van der Waals surface area contributed by atoms with Crippen molar-refractivity contribution in [2.45, 2.75) is 13.0 Å². The van der Waals surface area contributed by atoms with Gasteiger partial charge in [0.15, 0.2) is 11.3 Å². The Hall–Kier alpha value is -1.83. The van der Waals surface area contributed by atoms with Crippen molar-refractivity contribution < 1.29 is 9.15 Å². The maximum Gasteiger partial charge on any atom is 0.298 e. The maximum absolute atomic E-state index is 6.19. The lowest BCUT2D eigenvalue weighted by Gasteiger charge is -2.32. The smallest absolute Gasteiger partial charge is 0.298 e. The van der Waals surface area contributed by atoms with Crippen LogP contribution in [0.25, 0.3) is 11.1 Å². The molecule has 1 unspecified atom stereocenters. The van der Waals surface area contributed by atoms with Gasteiger partial charge in [0.2, 0.25) is 0 Å². The highest BCUT2D eigenvalue weighted by molar-refractivity contribution is 7.11. The van der Waals surface area contributed by atoms with Crippen molar-refractivity contribution in [3.05, 3.63) is 28.7 Å². The summed E-state index contributed by atoms with van der Waals surface area (Å²) in [5.41, 5.74) is 1.27. The van der Waals surface area contributed by atoms with E-state index in [4.69, 9.17) is 20.8 Å². The van der Waals surface area contributed by atoms with Crippen molar-refractivity contribution in [3.8, 4) is 10.9 Å². The molecule has 0 radical (unpaired) electrons. The van der Waals surface area contributed by atoms with Crippen LogP contribution in [-0.4, -0.2) is 35.6 Å². The molecule has 1 saturated heterocycles. The van der Waals surface area contributed by atoms with Crippen LogP contribution in [0.3, 0.4) is 0 Å². The molecule has 0 spiro atoms. The van der Waals surface area contributed by atoms with E-state index in [0.717, 1.165) is 19.6 Å². The van der Waals surface area contributed by atoms with E-state index >= 15 is 0 Å².